The van der Waals surface area contributed by atoms with E-state index in [9.17, 15) is 22.8 Å². The number of rotatable bonds is 8. The van der Waals surface area contributed by atoms with E-state index in [0.717, 1.165) is 12.5 Å². The van der Waals surface area contributed by atoms with E-state index in [2.05, 4.69) is 5.32 Å². The number of aliphatic carboxylic acids is 1. The Bertz CT molecular complexity index is 927. The summed E-state index contributed by atoms with van der Waals surface area (Å²) >= 11 is 6.13. The topological polar surface area (TPSA) is 66.4 Å². The molecule has 0 bridgehead atoms. The van der Waals surface area contributed by atoms with Gasteiger partial charge in [-0.2, -0.15) is 13.2 Å². The molecule has 0 saturated carbocycles. The molecular weight excluding hydrogens is 431 g/mol. The van der Waals surface area contributed by atoms with Gasteiger partial charge in [-0.1, -0.05) is 62.7 Å². The number of hydrogen-bond donors (Lipinski definition) is 2. The molecule has 0 aliphatic heterocycles. The Morgan fingerprint density at radius 1 is 1.03 bits per heavy atom. The average molecular weight is 456 g/mol. The summed E-state index contributed by atoms with van der Waals surface area (Å²) in [6.07, 6.45) is -4.49. The molecule has 0 heterocycles. The Kier molecular flexibility index (Phi) is 8.12. The molecule has 2 unspecified atom stereocenters. The van der Waals surface area contributed by atoms with Crippen molar-refractivity contribution in [3.8, 4) is 0 Å². The SMILES string of the molecule is CC(C)c1ccc(C(C(=O)Nc2cc(CCC(=O)O)ccc2Cl)C(C)C(F)(F)F)cc1. The second-order valence-electron chi connectivity index (χ2n) is 7.83. The highest BCUT2D eigenvalue weighted by Crippen LogP contribution is 2.39. The predicted molar refractivity (Wildman–Crippen MR) is 115 cm³/mol. The van der Waals surface area contributed by atoms with Gasteiger partial charge in [0.05, 0.1) is 22.5 Å². The van der Waals surface area contributed by atoms with Gasteiger partial charge < -0.3 is 10.4 Å². The highest BCUT2D eigenvalue weighted by molar-refractivity contribution is 6.33. The zero-order chi connectivity index (χ0) is 23.3. The Morgan fingerprint density at radius 3 is 2.13 bits per heavy atom. The van der Waals surface area contributed by atoms with Crippen molar-refractivity contribution in [3.05, 3.63) is 64.2 Å². The van der Waals surface area contributed by atoms with Crippen LogP contribution in [0.15, 0.2) is 42.5 Å². The first-order valence-corrected chi connectivity index (χ1v) is 10.3. The zero-order valence-electron chi connectivity index (χ0n) is 17.5. The number of hydrogen-bond acceptors (Lipinski definition) is 2. The maximum absolute atomic E-state index is 13.5. The first-order valence-electron chi connectivity index (χ1n) is 9.87. The average Bonchev–Trinajstić information content (AvgIpc) is 2.68. The predicted octanol–water partition coefficient (Wildman–Crippen LogP) is 6.40. The quantitative estimate of drug-likeness (QED) is 0.484. The van der Waals surface area contributed by atoms with Gasteiger partial charge in [-0.25, -0.2) is 0 Å². The lowest BCUT2D eigenvalue weighted by Crippen LogP contribution is -2.34. The van der Waals surface area contributed by atoms with Crippen LogP contribution in [0, 0.1) is 5.92 Å². The molecule has 8 heteroatoms. The van der Waals surface area contributed by atoms with Crippen LogP contribution in [-0.4, -0.2) is 23.2 Å². The lowest BCUT2D eigenvalue weighted by molar-refractivity contribution is -0.178. The summed E-state index contributed by atoms with van der Waals surface area (Å²) in [5, 5.41) is 11.5. The van der Waals surface area contributed by atoms with Crippen LogP contribution >= 0.6 is 11.6 Å². The van der Waals surface area contributed by atoms with Crippen molar-refractivity contribution < 1.29 is 27.9 Å². The second kappa shape index (κ2) is 10.2. The van der Waals surface area contributed by atoms with Crippen molar-refractivity contribution in [2.24, 2.45) is 5.92 Å². The molecule has 0 aliphatic rings. The standard InChI is InChI=1S/C23H25ClF3NO3/c1-13(2)16-6-8-17(9-7-16)21(14(3)23(25,26)27)22(31)28-19-12-15(4-10-18(19)24)5-11-20(29)30/h4,6-10,12-14,21H,5,11H2,1-3H3,(H,28,31)(H,29,30). The van der Waals surface area contributed by atoms with Crippen LogP contribution in [-0.2, 0) is 16.0 Å². The lowest BCUT2D eigenvalue weighted by atomic mass is 9.85. The number of nitrogens with one attached hydrogen (secondary N) is 1. The van der Waals surface area contributed by atoms with Crippen LogP contribution in [0.4, 0.5) is 18.9 Å². The van der Waals surface area contributed by atoms with Crippen LogP contribution in [0.2, 0.25) is 5.02 Å². The number of alkyl halides is 3. The summed E-state index contributed by atoms with van der Waals surface area (Å²) in [6.45, 7) is 4.92. The molecule has 2 rings (SSSR count). The molecule has 1 amide bonds. The van der Waals surface area contributed by atoms with Gasteiger partial charge in [-0.05, 0) is 41.2 Å². The molecule has 0 radical (unpaired) electrons. The number of carbonyl (C=O) groups is 2. The van der Waals surface area contributed by atoms with Gasteiger partial charge in [0.25, 0.3) is 0 Å². The molecule has 0 fully saturated rings. The van der Waals surface area contributed by atoms with Crippen molar-refractivity contribution in [2.75, 3.05) is 5.32 Å². The van der Waals surface area contributed by atoms with Crippen LogP contribution in [0.5, 0.6) is 0 Å². The molecule has 0 aromatic heterocycles. The molecule has 2 atom stereocenters. The third-order valence-corrected chi connectivity index (χ3v) is 5.51. The van der Waals surface area contributed by atoms with Gasteiger partial charge in [0.15, 0.2) is 0 Å². The van der Waals surface area contributed by atoms with Crippen molar-refractivity contribution >= 4 is 29.2 Å². The normalized spacial score (nSPS) is 13.7. The zero-order valence-corrected chi connectivity index (χ0v) is 18.2. The number of carbonyl (C=O) groups excluding carboxylic acids is 1. The molecule has 0 spiro atoms. The van der Waals surface area contributed by atoms with E-state index in [1.165, 1.54) is 12.1 Å². The van der Waals surface area contributed by atoms with E-state index < -0.39 is 29.9 Å². The van der Waals surface area contributed by atoms with E-state index in [1.807, 2.05) is 13.8 Å². The van der Waals surface area contributed by atoms with Crippen LogP contribution < -0.4 is 5.32 Å². The number of benzene rings is 2. The summed E-state index contributed by atoms with van der Waals surface area (Å²) in [5.74, 6) is -5.01. The highest BCUT2D eigenvalue weighted by Gasteiger charge is 2.45. The minimum Gasteiger partial charge on any atom is -0.481 e. The number of carboxylic acid groups (broad SMARTS) is 1. The Labute approximate surface area is 184 Å². The Balaban J connectivity index is 2.35. The summed E-state index contributed by atoms with van der Waals surface area (Å²) in [5.41, 5.74) is 1.96. The third-order valence-electron chi connectivity index (χ3n) is 5.18. The van der Waals surface area contributed by atoms with Gasteiger partial charge in [0.1, 0.15) is 0 Å². The maximum Gasteiger partial charge on any atom is 0.392 e. The molecule has 4 nitrogen and oxygen atoms in total. The Hall–Kier alpha value is -2.54. The Morgan fingerprint density at radius 2 is 1.61 bits per heavy atom. The maximum atomic E-state index is 13.5. The summed E-state index contributed by atoms with van der Waals surface area (Å²) in [4.78, 5) is 23.8. The van der Waals surface area contributed by atoms with E-state index in [-0.39, 0.29) is 35.0 Å². The molecular formula is C23H25ClF3NO3. The van der Waals surface area contributed by atoms with Crippen LogP contribution in [0.25, 0.3) is 0 Å². The van der Waals surface area contributed by atoms with Crippen molar-refractivity contribution in [2.45, 2.75) is 51.6 Å². The van der Waals surface area contributed by atoms with Gasteiger partial charge in [0.2, 0.25) is 5.91 Å². The number of carboxylic acids is 1. The number of halogens is 4. The molecule has 0 aliphatic carbocycles. The second-order valence-corrected chi connectivity index (χ2v) is 8.23. The van der Waals surface area contributed by atoms with Gasteiger partial charge in [-0.15, -0.1) is 0 Å². The van der Waals surface area contributed by atoms with E-state index in [1.54, 1.807) is 30.3 Å². The fourth-order valence-electron chi connectivity index (χ4n) is 3.23. The summed E-state index contributed by atoms with van der Waals surface area (Å²) in [7, 11) is 0. The third kappa shape index (κ3) is 6.72. The monoisotopic (exact) mass is 455 g/mol. The van der Waals surface area contributed by atoms with Crippen LogP contribution in [0.3, 0.4) is 0 Å². The fraction of sp³-hybridized carbons (Fsp3) is 0.391. The van der Waals surface area contributed by atoms with E-state index in [0.29, 0.717) is 5.56 Å². The number of aryl methyl sites for hydroxylation is 1. The number of anilines is 1. The molecule has 168 valence electrons. The van der Waals surface area contributed by atoms with Crippen molar-refractivity contribution in [1.29, 1.82) is 0 Å². The minimum absolute atomic E-state index is 0.120. The summed E-state index contributed by atoms with van der Waals surface area (Å²) < 4.78 is 40.6. The number of amides is 1. The first-order chi connectivity index (χ1) is 14.4. The van der Waals surface area contributed by atoms with Gasteiger partial charge in [-0.3, -0.25) is 9.59 Å². The molecule has 0 saturated heterocycles. The van der Waals surface area contributed by atoms with Crippen molar-refractivity contribution in [1.82, 2.24) is 0 Å². The van der Waals surface area contributed by atoms with E-state index in [4.69, 9.17) is 16.7 Å². The van der Waals surface area contributed by atoms with Crippen LogP contribution in [0.1, 0.15) is 55.7 Å². The van der Waals surface area contributed by atoms with Crippen molar-refractivity contribution in [3.63, 3.8) is 0 Å². The van der Waals surface area contributed by atoms with Gasteiger partial charge in [0, 0.05) is 6.42 Å². The highest BCUT2D eigenvalue weighted by atomic mass is 35.5. The van der Waals surface area contributed by atoms with E-state index >= 15 is 0 Å². The minimum atomic E-state index is -4.58. The largest absolute Gasteiger partial charge is 0.481 e. The molecule has 2 N–H and O–H groups in total. The van der Waals surface area contributed by atoms with Gasteiger partial charge >= 0.3 is 12.1 Å². The molecule has 2 aromatic carbocycles. The smallest absolute Gasteiger partial charge is 0.392 e. The molecule has 2 aromatic rings. The summed E-state index contributed by atoms with van der Waals surface area (Å²) in [6, 6.07) is 11.1. The lowest BCUT2D eigenvalue weighted by Gasteiger charge is -2.26. The first kappa shape index (κ1) is 24.7. The fourth-order valence-corrected chi connectivity index (χ4v) is 3.39. The molecule has 31 heavy (non-hydrogen) atoms.